The van der Waals surface area contributed by atoms with E-state index in [1.54, 1.807) is 42.5 Å². The van der Waals surface area contributed by atoms with Gasteiger partial charge in [-0.1, -0.05) is 62.2 Å². The SMILES string of the molecule is COC(=O)c1ccccc1C1(Br)C=C(Br)C=CC1C(=O)O. The van der Waals surface area contributed by atoms with Crippen molar-refractivity contribution in [3.05, 3.63) is 58.1 Å². The summed E-state index contributed by atoms with van der Waals surface area (Å²) in [6, 6.07) is 6.79. The minimum atomic E-state index is -1.03. The van der Waals surface area contributed by atoms with Crippen LogP contribution in [0.2, 0.25) is 0 Å². The summed E-state index contributed by atoms with van der Waals surface area (Å²) in [5, 5.41) is 9.47. The Bertz CT molecular complexity index is 651. The van der Waals surface area contributed by atoms with Crippen molar-refractivity contribution in [1.29, 1.82) is 0 Å². The van der Waals surface area contributed by atoms with E-state index in [1.807, 2.05) is 0 Å². The number of allylic oxidation sites excluding steroid dienone is 3. The maximum Gasteiger partial charge on any atom is 0.338 e. The number of benzene rings is 1. The van der Waals surface area contributed by atoms with Gasteiger partial charge in [-0.25, -0.2) is 4.79 Å². The molecule has 21 heavy (non-hydrogen) atoms. The molecule has 0 amide bonds. The third kappa shape index (κ3) is 2.96. The third-order valence-electron chi connectivity index (χ3n) is 3.26. The number of carbonyl (C=O) groups excluding carboxylic acids is 1. The molecule has 0 radical (unpaired) electrons. The lowest BCUT2D eigenvalue weighted by Crippen LogP contribution is -2.35. The zero-order valence-corrected chi connectivity index (χ0v) is 14.2. The number of halogens is 2. The Kier molecular flexibility index (Phi) is 4.68. The van der Waals surface area contributed by atoms with Crippen LogP contribution in [0.15, 0.2) is 47.0 Å². The van der Waals surface area contributed by atoms with E-state index in [9.17, 15) is 14.7 Å². The van der Waals surface area contributed by atoms with Crippen molar-refractivity contribution in [3.63, 3.8) is 0 Å². The number of methoxy groups -OCH3 is 1. The molecule has 0 heterocycles. The molecule has 1 N–H and O–H groups in total. The zero-order chi connectivity index (χ0) is 15.6. The Morgan fingerprint density at radius 1 is 1.33 bits per heavy atom. The predicted molar refractivity (Wildman–Crippen MR) is 85.7 cm³/mol. The average Bonchev–Trinajstić information content (AvgIpc) is 2.46. The second-order valence-corrected chi connectivity index (χ2v) is 6.74. The molecule has 4 nitrogen and oxygen atoms in total. The number of carbonyl (C=O) groups is 2. The lowest BCUT2D eigenvalue weighted by atomic mass is 9.80. The van der Waals surface area contributed by atoms with E-state index in [-0.39, 0.29) is 0 Å². The number of hydrogen-bond acceptors (Lipinski definition) is 3. The Morgan fingerprint density at radius 2 is 2.00 bits per heavy atom. The summed E-state index contributed by atoms with van der Waals surface area (Å²) in [6.45, 7) is 0. The molecular weight excluding hydrogens is 404 g/mol. The first-order valence-electron chi connectivity index (χ1n) is 6.06. The molecule has 0 saturated carbocycles. The molecule has 1 aliphatic carbocycles. The molecule has 6 heteroatoms. The van der Waals surface area contributed by atoms with Crippen molar-refractivity contribution < 1.29 is 19.4 Å². The van der Waals surface area contributed by atoms with Crippen molar-refractivity contribution in [3.8, 4) is 0 Å². The Labute approximate surface area is 138 Å². The summed E-state index contributed by atoms with van der Waals surface area (Å²) >= 11 is 6.87. The molecule has 2 unspecified atom stereocenters. The van der Waals surface area contributed by atoms with Crippen molar-refractivity contribution in [2.24, 2.45) is 5.92 Å². The molecule has 110 valence electrons. The topological polar surface area (TPSA) is 63.6 Å². The molecule has 0 aromatic heterocycles. The highest BCUT2D eigenvalue weighted by Crippen LogP contribution is 2.46. The predicted octanol–water partition coefficient (Wildman–Crippen LogP) is 3.61. The van der Waals surface area contributed by atoms with Gasteiger partial charge < -0.3 is 9.84 Å². The number of esters is 1. The first kappa shape index (κ1) is 16.0. The minimum Gasteiger partial charge on any atom is -0.481 e. The Balaban J connectivity index is 2.65. The molecule has 1 aromatic rings. The summed E-state index contributed by atoms with van der Waals surface area (Å²) in [5.41, 5.74) is 0.875. The molecule has 1 aliphatic rings. The number of carboxylic acids is 1. The standard InChI is InChI=1S/C15H12Br2O4/c1-21-14(20)10-4-2-3-5-11(10)15(17)8-9(16)6-7-12(15)13(18)19/h2-8,12H,1H3,(H,18,19). The van der Waals surface area contributed by atoms with Gasteiger partial charge in [0.15, 0.2) is 0 Å². The summed E-state index contributed by atoms with van der Waals surface area (Å²) in [6.07, 6.45) is 4.99. The molecule has 0 bridgehead atoms. The number of ether oxygens (including phenoxy) is 1. The van der Waals surface area contributed by atoms with E-state index >= 15 is 0 Å². The van der Waals surface area contributed by atoms with Crippen LogP contribution in [-0.2, 0) is 13.9 Å². The number of hydrogen-bond donors (Lipinski definition) is 1. The van der Waals surface area contributed by atoms with Gasteiger partial charge in [0.05, 0.1) is 22.9 Å². The van der Waals surface area contributed by atoms with Gasteiger partial charge in [0.2, 0.25) is 0 Å². The highest BCUT2D eigenvalue weighted by Gasteiger charge is 2.43. The third-order valence-corrected chi connectivity index (χ3v) is 4.90. The molecule has 0 aliphatic heterocycles. The van der Waals surface area contributed by atoms with E-state index in [1.165, 1.54) is 7.11 Å². The molecule has 0 fully saturated rings. The van der Waals surface area contributed by atoms with Crippen LogP contribution in [0.25, 0.3) is 0 Å². The second kappa shape index (κ2) is 6.15. The fraction of sp³-hybridized carbons (Fsp3) is 0.200. The average molecular weight is 416 g/mol. The molecule has 2 atom stereocenters. The van der Waals surface area contributed by atoms with Gasteiger partial charge in [-0.15, -0.1) is 0 Å². The molecule has 2 rings (SSSR count). The van der Waals surface area contributed by atoms with E-state index < -0.39 is 22.2 Å². The van der Waals surface area contributed by atoms with Crippen LogP contribution < -0.4 is 0 Å². The fourth-order valence-electron chi connectivity index (χ4n) is 2.28. The lowest BCUT2D eigenvalue weighted by molar-refractivity contribution is -0.140. The van der Waals surface area contributed by atoms with Crippen LogP contribution in [-0.4, -0.2) is 24.2 Å². The van der Waals surface area contributed by atoms with Crippen LogP contribution in [0, 0.1) is 5.92 Å². The second-order valence-electron chi connectivity index (χ2n) is 4.51. The number of rotatable bonds is 3. The maximum atomic E-state index is 11.9. The van der Waals surface area contributed by atoms with Gasteiger partial charge >= 0.3 is 11.9 Å². The number of carboxylic acid groups (broad SMARTS) is 1. The Morgan fingerprint density at radius 3 is 2.62 bits per heavy atom. The monoisotopic (exact) mass is 414 g/mol. The van der Waals surface area contributed by atoms with Gasteiger partial charge in [-0.3, -0.25) is 4.79 Å². The zero-order valence-electron chi connectivity index (χ0n) is 11.0. The Hall–Kier alpha value is -1.40. The van der Waals surface area contributed by atoms with Gasteiger partial charge in [0.1, 0.15) is 0 Å². The maximum absolute atomic E-state index is 11.9. The normalized spacial score (nSPS) is 24.3. The van der Waals surface area contributed by atoms with Crippen molar-refractivity contribution in [2.45, 2.75) is 4.32 Å². The summed E-state index contributed by atoms with van der Waals surface area (Å²) in [4.78, 5) is 23.5. The first-order valence-corrected chi connectivity index (χ1v) is 7.65. The minimum absolute atomic E-state index is 0.329. The quantitative estimate of drug-likeness (QED) is 0.604. The van der Waals surface area contributed by atoms with E-state index in [2.05, 4.69) is 31.9 Å². The van der Waals surface area contributed by atoms with Crippen LogP contribution in [0.3, 0.4) is 0 Å². The van der Waals surface area contributed by atoms with Crippen LogP contribution in [0.4, 0.5) is 0 Å². The largest absolute Gasteiger partial charge is 0.481 e. The van der Waals surface area contributed by atoms with Crippen LogP contribution in [0.5, 0.6) is 0 Å². The summed E-state index contributed by atoms with van der Waals surface area (Å²) < 4.78 is 4.48. The van der Waals surface area contributed by atoms with Gasteiger partial charge in [0.25, 0.3) is 0 Å². The van der Waals surface area contributed by atoms with Gasteiger partial charge in [-0.05, 0) is 17.7 Å². The van der Waals surface area contributed by atoms with E-state index in [0.717, 1.165) is 4.48 Å². The first-order chi connectivity index (χ1) is 9.90. The van der Waals surface area contributed by atoms with E-state index in [0.29, 0.717) is 11.1 Å². The fourth-order valence-corrected chi connectivity index (χ4v) is 4.04. The van der Waals surface area contributed by atoms with E-state index in [4.69, 9.17) is 4.74 Å². The molecule has 1 aromatic carbocycles. The van der Waals surface area contributed by atoms with Crippen LogP contribution >= 0.6 is 31.9 Å². The molecular formula is C15H12Br2O4. The van der Waals surface area contributed by atoms with Gasteiger partial charge in [-0.2, -0.15) is 0 Å². The summed E-state index contributed by atoms with van der Waals surface area (Å²) in [5.74, 6) is -2.34. The van der Waals surface area contributed by atoms with Gasteiger partial charge in [0, 0.05) is 4.48 Å². The highest BCUT2D eigenvalue weighted by molar-refractivity contribution is 9.12. The smallest absolute Gasteiger partial charge is 0.338 e. The summed E-state index contributed by atoms with van der Waals surface area (Å²) in [7, 11) is 1.29. The van der Waals surface area contributed by atoms with Crippen molar-refractivity contribution in [1.82, 2.24) is 0 Å². The lowest BCUT2D eigenvalue weighted by Gasteiger charge is -2.33. The molecule has 0 spiro atoms. The number of aliphatic carboxylic acids is 1. The van der Waals surface area contributed by atoms with Crippen molar-refractivity contribution >= 4 is 43.8 Å². The van der Waals surface area contributed by atoms with Crippen molar-refractivity contribution in [2.75, 3.05) is 7.11 Å². The molecule has 0 saturated heterocycles. The highest BCUT2D eigenvalue weighted by atomic mass is 79.9. The number of alkyl halides is 1. The van der Waals surface area contributed by atoms with Crippen LogP contribution in [0.1, 0.15) is 15.9 Å².